The van der Waals surface area contributed by atoms with E-state index in [0.29, 0.717) is 17.4 Å². The predicted molar refractivity (Wildman–Crippen MR) is 109 cm³/mol. The molecule has 0 saturated carbocycles. The van der Waals surface area contributed by atoms with Gasteiger partial charge in [-0.3, -0.25) is 9.00 Å². The van der Waals surface area contributed by atoms with Crippen LogP contribution in [0.1, 0.15) is 41.1 Å². The summed E-state index contributed by atoms with van der Waals surface area (Å²) in [6.07, 6.45) is 2.99. The Morgan fingerprint density at radius 3 is 3.00 bits per heavy atom. The van der Waals surface area contributed by atoms with Gasteiger partial charge in [0.15, 0.2) is 6.79 Å². The molecule has 1 aliphatic carbocycles. The van der Waals surface area contributed by atoms with Gasteiger partial charge in [-0.1, -0.05) is 35.9 Å². The van der Waals surface area contributed by atoms with E-state index in [4.69, 9.17) is 21.1 Å². The minimum absolute atomic E-state index is 0.00568. The number of ether oxygens (including phenoxy) is 2. The van der Waals surface area contributed by atoms with Crippen molar-refractivity contribution in [2.24, 2.45) is 0 Å². The maximum atomic E-state index is 12.6. The first-order valence-electron chi connectivity index (χ1n) is 9.34. The number of carbonyl (C=O) groups excluding carboxylic acids is 1. The highest BCUT2D eigenvalue weighted by Crippen LogP contribution is 2.33. The van der Waals surface area contributed by atoms with E-state index in [0.717, 1.165) is 30.4 Å². The monoisotopic (exact) mass is 419 g/mol. The van der Waals surface area contributed by atoms with Gasteiger partial charge in [0, 0.05) is 26.9 Å². The molecular weight excluding hydrogens is 398 g/mol. The quantitative estimate of drug-likeness (QED) is 0.803. The molecule has 7 heteroatoms. The number of aryl methyl sites for hydroxylation is 1. The molecule has 0 aromatic heterocycles. The smallest absolute Gasteiger partial charge is 0.233 e. The summed E-state index contributed by atoms with van der Waals surface area (Å²) in [6, 6.07) is 11.7. The summed E-state index contributed by atoms with van der Waals surface area (Å²) >= 11 is 6.16. The summed E-state index contributed by atoms with van der Waals surface area (Å²) < 4.78 is 23.5. The minimum atomic E-state index is -1.36. The van der Waals surface area contributed by atoms with Crippen LogP contribution in [0.2, 0.25) is 5.02 Å². The molecule has 1 heterocycles. The molecule has 5 nitrogen and oxygen atoms in total. The zero-order chi connectivity index (χ0) is 19.5. The Kier molecular flexibility index (Phi) is 5.99. The van der Waals surface area contributed by atoms with E-state index in [1.807, 2.05) is 12.1 Å². The average molecular weight is 420 g/mol. The van der Waals surface area contributed by atoms with Crippen LogP contribution >= 0.6 is 11.6 Å². The van der Waals surface area contributed by atoms with Crippen LogP contribution in [0.4, 0.5) is 0 Å². The van der Waals surface area contributed by atoms with E-state index < -0.39 is 10.8 Å². The molecule has 4 rings (SSSR count). The van der Waals surface area contributed by atoms with Crippen molar-refractivity contribution < 1.29 is 18.5 Å². The second-order valence-corrected chi connectivity index (χ2v) is 9.00. The molecule has 148 valence electrons. The van der Waals surface area contributed by atoms with Gasteiger partial charge in [0.2, 0.25) is 5.91 Å². The van der Waals surface area contributed by atoms with Crippen molar-refractivity contribution >= 4 is 28.3 Å². The summed E-state index contributed by atoms with van der Waals surface area (Å²) in [5, 5.41) is 3.60. The number of benzene rings is 2. The molecule has 1 aliphatic heterocycles. The summed E-state index contributed by atoms with van der Waals surface area (Å²) in [5.74, 6) is 0.652. The van der Waals surface area contributed by atoms with Crippen molar-refractivity contribution in [3.8, 4) is 5.75 Å². The Bertz CT molecular complexity index is 917. The summed E-state index contributed by atoms with van der Waals surface area (Å²) in [7, 11) is -1.36. The summed E-state index contributed by atoms with van der Waals surface area (Å²) in [4.78, 5) is 12.5. The summed E-state index contributed by atoms with van der Waals surface area (Å²) in [6.45, 7) is 0.576. The lowest BCUT2D eigenvalue weighted by molar-refractivity contribution is -0.119. The number of amides is 1. The fourth-order valence-corrected chi connectivity index (χ4v) is 5.18. The second kappa shape index (κ2) is 8.64. The number of fused-ring (bicyclic) bond motifs is 2. The standard InChI is InChI=1S/C21H22ClNO4S/c22-17-8-15-10-26-13-27-21(15)16(9-17)11-28(25)12-20(24)23-19-7-3-5-14-4-1-2-6-18(14)19/h1-2,4,6,8-9,19H,3,5,7,10-13H2,(H,23,24)/t19-,28-/m1/s1. The van der Waals surface area contributed by atoms with Gasteiger partial charge in [0.1, 0.15) is 11.5 Å². The molecule has 28 heavy (non-hydrogen) atoms. The van der Waals surface area contributed by atoms with Gasteiger partial charge in [0.25, 0.3) is 0 Å². The molecule has 0 spiro atoms. The Morgan fingerprint density at radius 2 is 2.11 bits per heavy atom. The predicted octanol–water partition coefficient (Wildman–Crippen LogP) is 3.65. The largest absolute Gasteiger partial charge is 0.467 e. The average Bonchev–Trinajstić information content (AvgIpc) is 2.68. The SMILES string of the molecule is O=C(C[S@](=O)Cc1cc(Cl)cc2c1OCOC2)N[C@@H]1CCCc2ccccc21. The van der Waals surface area contributed by atoms with Crippen LogP contribution in [0.25, 0.3) is 0 Å². The van der Waals surface area contributed by atoms with Crippen molar-refractivity contribution in [3.05, 3.63) is 63.7 Å². The van der Waals surface area contributed by atoms with Crippen molar-refractivity contribution in [3.63, 3.8) is 0 Å². The van der Waals surface area contributed by atoms with Gasteiger partial charge in [-0.2, -0.15) is 0 Å². The van der Waals surface area contributed by atoms with Crippen LogP contribution in [0, 0.1) is 0 Å². The third kappa shape index (κ3) is 4.40. The number of rotatable bonds is 5. The van der Waals surface area contributed by atoms with Crippen LogP contribution in [-0.2, 0) is 39.1 Å². The number of carbonyl (C=O) groups is 1. The molecule has 0 saturated heterocycles. The van der Waals surface area contributed by atoms with Crippen LogP contribution < -0.4 is 10.1 Å². The van der Waals surface area contributed by atoms with Crippen molar-refractivity contribution in [1.82, 2.24) is 5.32 Å². The van der Waals surface area contributed by atoms with E-state index in [9.17, 15) is 9.00 Å². The Labute approximate surface area is 171 Å². The fourth-order valence-electron chi connectivity index (χ4n) is 3.87. The van der Waals surface area contributed by atoms with E-state index in [1.54, 1.807) is 12.1 Å². The molecule has 0 fully saturated rings. The van der Waals surface area contributed by atoms with Crippen LogP contribution in [0.15, 0.2) is 36.4 Å². The molecule has 1 amide bonds. The van der Waals surface area contributed by atoms with Gasteiger partial charge >= 0.3 is 0 Å². The third-order valence-corrected chi connectivity index (χ3v) is 6.50. The van der Waals surface area contributed by atoms with Crippen molar-refractivity contribution in [2.75, 3.05) is 12.5 Å². The molecule has 2 aliphatic rings. The number of hydrogen-bond donors (Lipinski definition) is 1. The Hall–Kier alpha value is -1.89. The van der Waals surface area contributed by atoms with Crippen molar-refractivity contribution in [1.29, 1.82) is 0 Å². The van der Waals surface area contributed by atoms with Crippen molar-refractivity contribution in [2.45, 2.75) is 37.7 Å². The van der Waals surface area contributed by atoms with Crippen LogP contribution in [0.3, 0.4) is 0 Å². The fraction of sp³-hybridized carbons (Fsp3) is 0.381. The molecular formula is C21H22ClNO4S. The highest BCUT2D eigenvalue weighted by Gasteiger charge is 2.23. The molecule has 2 aromatic rings. The third-order valence-electron chi connectivity index (χ3n) is 5.06. The van der Waals surface area contributed by atoms with Gasteiger partial charge < -0.3 is 14.8 Å². The first kappa shape index (κ1) is 19.4. The first-order valence-corrected chi connectivity index (χ1v) is 11.2. The Morgan fingerprint density at radius 1 is 1.25 bits per heavy atom. The second-order valence-electron chi connectivity index (χ2n) is 7.10. The van der Waals surface area contributed by atoms with Gasteiger partial charge in [-0.25, -0.2) is 0 Å². The lowest BCUT2D eigenvalue weighted by Gasteiger charge is -2.26. The molecule has 2 atom stereocenters. The number of hydrogen-bond acceptors (Lipinski definition) is 4. The Balaban J connectivity index is 1.40. The molecule has 2 aromatic carbocycles. The maximum Gasteiger partial charge on any atom is 0.233 e. The highest BCUT2D eigenvalue weighted by atomic mass is 35.5. The first-order chi connectivity index (χ1) is 13.6. The van der Waals surface area contributed by atoms with E-state index in [1.165, 1.54) is 11.1 Å². The molecule has 0 unspecified atom stereocenters. The van der Waals surface area contributed by atoms with E-state index in [2.05, 4.69) is 17.4 Å². The maximum absolute atomic E-state index is 12.6. The number of halogens is 1. The van der Waals surface area contributed by atoms with Gasteiger partial charge in [-0.15, -0.1) is 0 Å². The molecule has 0 radical (unpaired) electrons. The normalized spacial score (nSPS) is 19.1. The van der Waals surface area contributed by atoms with Crippen LogP contribution in [-0.4, -0.2) is 22.7 Å². The van der Waals surface area contributed by atoms with E-state index in [-0.39, 0.29) is 30.2 Å². The lowest BCUT2D eigenvalue weighted by Crippen LogP contribution is -2.34. The minimum Gasteiger partial charge on any atom is -0.467 e. The van der Waals surface area contributed by atoms with Gasteiger partial charge in [0.05, 0.1) is 18.4 Å². The van der Waals surface area contributed by atoms with E-state index >= 15 is 0 Å². The van der Waals surface area contributed by atoms with Gasteiger partial charge in [-0.05, 0) is 42.5 Å². The summed E-state index contributed by atoms with van der Waals surface area (Å²) in [5.41, 5.74) is 4.05. The highest BCUT2D eigenvalue weighted by molar-refractivity contribution is 7.84. The zero-order valence-corrected chi connectivity index (χ0v) is 17.0. The number of nitrogens with one attached hydrogen (secondary N) is 1. The topological polar surface area (TPSA) is 64.6 Å². The zero-order valence-electron chi connectivity index (χ0n) is 15.4. The molecule has 1 N–H and O–H groups in total. The lowest BCUT2D eigenvalue weighted by atomic mass is 9.88. The molecule has 0 bridgehead atoms. The van der Waals surface area contributed by atoms with Crippen LogP contribution in [0.5, 0.6) is 5.75 Å².